The van der Waals surface area contributed by atoms with E-state index in [1.165, 1.54) is 0 Å². The Hall–Kier alpha value is -0.910. The summed E-state index contributed by atoms with van der Waals surface area (Å²) in [6.45, 7) is 6.03. The first-order chi connectivity index (χ1) is 9.57. The van der Waals surface area contributed by atoms with Crippen LogP contribution in [0.4, 0.5) is 0 Å². The first kappa shape index (κ1) is 15.5. The van der Waals surface area contributed by atoms with E-state index in [0.717, 1.165) is 31.4 Å². The maximum Gasteiger partial charge on any atom is 0.243 e. The summed E-state index contributed by atoms with van der Waals surface area (Å²) in [6, 6.07) is 7.53. The molecule has 1 aromatic carbocycles. The fourth-order valence-electron chi connectivity index (χ4n) is 2.60. The Balaban J connectivity index is 2.16. The Kier molecular flexibility index (Phi) is 5.18. The molecule has 20 heavy (non-hydrogen) atoms. The average Bonchev–Trinajstić information content (AvgIpc) is 2.97. The van der Waals surface area contributed by atoms with Crippen molar-refractivity contribution in [3.05, 3.63) is 29.8 Å². The molecule has 1 heterocycles. The van der Waals surface area contributed by atoms with Gasteiger partial charge in [-0.3, -0.25) is 0 Å². The molecule has 0 radical (unpaired) electrons. The summed E-state index contributed by atoms with van der Waals surface area (Å²) < 4.78 is 26.9. The summed E-state index contributed by atoms with van der Waals surface area (Å²) in [7, 11) is -3.37. The predicted molar refractivity (Wildman–Crippen MR) is 81.3 cm³/mol. The van der Waals surface area contributed by atoms with Crippen LogP contribution in [0.25, 0.3) is 0 Å². The number of aryl methyl sites for hydroxylation is 1. The lowest BCUT2D eigenvalue weighted by atomic mass is 10.2. The van der Waals surface area contributed by atoms with Gasteiger partial charge in [0.2, 0.25) is 10.0 Å². The van der Waals surface area contributed by atoms with Crippen LogP contribution in [-0.4, -0.2) is 38.4 Å². The van der Waals surface area contributed by atoms with Crippen LogP contribution < -0.4 is 5.32 Å². The summed E-state index contributed by atoms with van der Waals surface area (Å²) in [5.74, 6) is 0. The summed E-state index contributed by atoms with van der Waals surface area (Å²) >= 11 is 0. The zero-order valence-electron chi connectivity index (χ0n) is 12.3. The summed E-state index contributed by atoms with van der Waals surface area (Å²) in [5, 5.41) is 3.36. The van der Waals surface area contributed by atoms with Gasteiger partial charge in [0, 0.05) is 19.1 Å². The van der Waals surface area contributed by atoms with Crippen LogP contribution in [0, 0.1) is 0 Å². The summed E-state index contributed by atoms with van der Waals surface area (Å²) in [6.07, 6.45) is 3.11. The predicted octanol–water partition coefficient (Wildman–Crippen LogP) is 2.01. The standard InChI is InChI=1S/C15H24N2O2S/c1-3-13-7-9-15(10-8-13)20(18,19)17(4-2)12-14-6-5-11-16-14/h7-10,14,16H,3-6,11-12H2,1-2H3. The molecule has 0 saturated carbocycles. The van der Waals surface area contributed by atoms with Crippen molar-refractivity contribution in [3.63, 3.8) is 0 Å². The fraction of sp³-hybridized carbons (Fsp3) is 0.600. The maximum absolute atomic E-state index is 12.6. The van der Waals surface area contributed by atoms with E-state index in [9.17, 15) is 8.42 Å². The Morgan fingerprint density at radius 1 is 1.25 bits per heavy atom. The number of hydrogen-bond donors (Lipinski definition) is 1. The molecule has 2 rings (SSSR count). The highest BCUT2D eigenvalue weighted by Crippen LogP contribution is 2.18. The molecule has 0 spiro atoms. The Labute approximate surface area is 122 Å². The molecule has 5 heteroatoms. The number of nitrogens with one attached hydrogen (secondary N) is 1. The molecule has 0 amide bonds. The van der Waals surface area contributed by atoms with Gasteiger partial charge in [-0.05, 0) is 43.5 Å². The fourth-order valence-corrected chi connectivity index (χ4v) is 4.10. The summed E-state index contributed by atoms with van der Waals surface area (Å²) in [5.41, 5.74) is 1.16. The lowest BCUT2D eigenvalue weighted by Gasteiger charge is -2.24. The van der Waals surface area contributed by atoms with E-state index in [2.05, 4.69) is 12.2 Å². The Morgan fingerprint density at radius 2 is 1.95 bits per heavy atom. The maximum atomic E-state index is 12.6. The number of benzene rings is 1. The molecular weight excluding hydrogens is 272 g/mol. The zero-order valence-corrected chi connectivity index (χ0v) is 13.1. The second-order valence-electron chi connectivity index (χ2n) is 5.25. The van der Waals surface area contributed by atoms with Gasteiger partial charge in [0.25, 0.3) is 0 Å². The largest absolute Gasteiger partial charge is 0.313 e. The number of sulfonamides is 1. The second kappa shape index (κ2) is 6.70. The van der Waals surface area contributed by atoms with Gasteiger partial charge >= 0.3 is 0 Å². The van der Waals surface area contributed by atoms with Crippen molar-refractivity contribution in [2.75, 3.05) is 19.6 Å². The molecule has 1 saturated heterocycles. The molecule has 1 aliphatic heterocycles. The summed E-state index contributed by atoms with van der Waals surface area (Å²) in [4.78, 5) is 0.398. The highest BCUT2D eigenvalue weighted by molar-refractivity contribution is 7.89. The van der Waals surface area contributed by atoms with E-state index < -0.39 is 10.0 Å². The van der Waals surface area contributed by atoms with Crippen LogP contribution in [0.3, 0.4) is 0 Å². The van der Waals surface area contributed by atoms with Crippen LogP contribution in [0.5, 0.6) is 0 Å². The van der Waals surface area contributed by atoms with E-state index in [0.29, 0.717) is 24.0 Å². The molecule has 1 aromatic rings. The van der Waals surface area contributed by atoms with E-state index in [4.69, 9.17) is 0 Å². The SMILES string of the molecule is CCc1ccc(S(=O)(=O)N(CC)CC2CCCN2)cc1. The van der Waals surface area contributed by atoms with Crippen LogP contribution >= 0.6 is 0 Å². The van der Waals surface area contributed by atoms with Gasteiger partial charge in [-0.25, -0.2) is 8.42 Å². The van der Waals surface area contributed by atoms with Crippen molar-refractivity contribution in [2.24, 2.45) is 0 Å². The molecule has 1 unspecified atom stereocenters. The Bertz CT molecular complexity index is 519. The quantitative estimate of drug-likeness (QED) is 0.873. The smallest absolute Gasteiger partial charge is 0.243 e. The van der Waals surface area contributed by atoms with Crippen molar-refractivity contribution in [1.29, 1.82) is 0 Å². The van der Waals surface area contributed by atoms with Gasteiger partial charge in [0.1, 0.15) is 0 Å². The average molecular weight is 296 g/mol. The number of nitrogens with zero attached hydrogens (tertiary/aromatic N) is 1. The lowest BCUT2D eigenvalue weighted by Crippen LogP contribution is -2.40. The van der Waals surface area contributed by atoms with E-state index in [1.54, 1.807) is 16.4 Å². The molecule has 4 nitrogen and oxygen atoms in total. The molecule has 0 aliphatic carbocycles. The molecule has 1 aliphatic rings. The van der Waals surface area contributed by atoms with Crippen molar-refractivity contribution in [1.82, 2.24) is 9.62 Å². The van der Waals surface area contributed by atoms with Gasteiger partial charge in [-0.2, -0.15) is 4.31 Å². The van der Waals surface area contributed by atoms with Gasteiger partial charge < -0.3 is 5.32 Å². The van der Waals surface area contributed by atoms with Crippen LogP contribution in [0.1, 0.15) is 32.3 Å². The third-order valence-corrected chi connectivity index (χ3v) is 5.86. The van der Waals surface area contributed by atoms with Gasteiger partial charge in [-0.15, -0.1) is 0 Å². The molecule has 1 atom stereocenters. The van der Waals surface area contributed by atoms with Crippen molar-refractivity contribution in [2.45, 2.75) is 44.0 Å². The lowest BCUT2D eigenvalue weighted by molar-refractivity contribution is 0.383. The molecule has 112 valence electrons. The van der Waals surface area contributed by atoms with Gasteiger partial charge in [-0.1, -0.05) is 26.0 Å². The van der Waals surface area contributed by atoms with Crippen LogP contribution in [0.15, 0.2) is 29.2 Å². The van der Waals surface area contributed by atoms with Crippen LogP contribution in [-0.2, 0) is 16.4 Å². The minimum absolute atomic E-state index is 0.291. The van der Waals surface area contributed by atoms with E-state index in [1.807, 2.05) is 19.1 Å². The molecular formula is C15H24N2O2S. The van der Waals surface area contributed by atoms with Crippen molar-refractivity contribution in [3.8, 4) is 0 Å². The first-order valence-electron chi connectivity index (χ1n) is 7.40. The normalized spacial score (nSPS) is 19.6. The first-order valence-corrected chi connectivity index (χ1v) is 8.84. The van der Waals surface area contributed by atoms with Gasteiger partial charge in [0.15, 0.2) is 0 Å². The van der Waals surface area contributed by atoms with E-state index >= 15 is 0 Å². The monoisotopic (exact) mass is 296 g/mol. The second-order valence-corrected chi connectivity index (χ2v) is 7.18. The number of hydrogen-bond acceptors (Lipinski definition) is 3. The minimum Gasteiger partial charge on any atom is -0.313 e. The molecule has 0 aromatic heterocycles. The third kappa shape index (κ3) is 3.40. The third-order valence-electron chi connectivity index (χ3n) is 3.91. The number of rotatable bonds is 6. The topological polar surface area (TPSA) is 49.4 Å². The minimum atomic E-state index is -3.37. The van der Waals surface area contributed by atoms with E-state index in [-0.39, 0.29) is 0 Å². The highest BCUT2D eigenvalue weighted by Gasteiger charge is 2.26. The highest BCUT2D eigenvalue weighted by atomic mass is 32.2. The molecule has 1 fully saturated rings. The Morgan fingerprint density at radius 3 is 2.45 bits per heavy atom. The molecule has 1 N–H and O–H groups in total. The number of likely N-dealkylation sites (N-methyl/N-ethyl adjacent to an activating group) is 1. The van der Waals surface area contributed by atoms with Crippen molar-refractivity contribution < 1.29 is 8.42 Å². The van der Waals surface area contributed by atoms with Crippen molar-refractivity contribution >= 4 is 10.0 Å². The molecule has 0 bridgehead atoms. The van der Waals surface area contributed by atoms with Crippen LogP contribution in [0.2, 0.25) is 0 Å². The zero-order chi connectivity index (χ0) is 14.6. The van der Waals surface area contributed by atoms with Gasteiger partial charge in [0.05, 0.1) is 4.90 Å².